The second-order valence-electron chi connectivity index (χ2n) is 11.0. The van der Waals surface area contributed by atoms with Gasteiger partial charge < -0.3 is 15.7 Å². The van der Waals surface area contributed by atoms with E-state index in [1.54, 1.807) is 6.92 Å². The molecule has 2 heterocycles. The number of aryl methyl sites for hydroxylation is 1. The van der Waals surface area contributed by atoms with Crippen LogP contribution in [0.1, 0.15) is 77.5 Å². The molecule has 3 amide bonds. The van der Waals surface area contributed by atoms with E-state index in [1.165, 1.54) is 16.0 Å². The number of carbonyl (C=O) groups is 4. The van der Waals surface area contributed by atoms with Crippen LogP contribution in [0.25, 0.3) is 16.8 Å². The van der Waals surface area contributed by atoms with E-state index in [0.717, 1.165) is 30.3 Å². The van der Waals surface area contributed by atoms with Gasteiger partial charge in [-0.1, -0.05) is 45.0 Å². The zero-order chi connectivity index (χ0) is 29.9. The molecule has 10 nitrogen and oxygen atoms in total. The van der Waals surface area contributed by atoms with Crippen LogP contribution >= 0.6 is 0 Å². The third-order valence-corrected chi connectivity index (χ3v) is 7.27. The van der Waals surface area contributed by atoms with Crippen molar-refractivity contribution in [3.63, 3.8) is 0 Å². The van der Waals surface area contributed by atoms with Gasteiger partial charge in [0.15, 0.2) is 0 Å². The lowest BCUT2D eigenvalue weighted by Gasteiger charge is -2.34. The maximum atomic E-state index is 12.9. The first-order valence-electron chi connectivity index (χ1n) is 14.5. The number of nitrogens with zero attached hydrogens (tertiary/aromatic N) is 2. The van der Waals surface area contributed by atoms with Gasteiger partial charge in [0.2, 0.25) is 11.8 Å². The number of aliphatic carboxylic acids is 1. The highest BCUT2D eigenvalue weighted by Crippen LogP contribution is 2.18. The highest BCUT2D eigenvalue weighted by molar-refractivity contribution is 5.92. The smallest absolute Gasteiger partial charge is 0.322 e. The molecule has 2 aromatic rings. The number of hydrogen-bond acceptors (Lipinski definition) is 6. The van der Waals surface area contributed by atoms with E-state index in [4.69, 9.17) is 0 Å². The molecule has 0 radical (unpaired) electrons. The largest absolute Gasteiger partial charge is 0.480 e. The molecule has 4 N–H and O–H groups in total. The number of hydrogen-bond donors (Lipinski definition) is 4. The molecule has 0 bridgehead atoms. The van der Waals surface area contributed by atoms with E-state index in [1.807, 2.05) is 26.1 Å². The summed E-state index contributed by atoms with van der Waals surface area (Å²) < 4.78 is 0. The average molecular weight is 566 g/mol. The Morgan fingerprint density at radius 3 is 2.61 bits per heavy atom. The first-order valence-corrected chi connectivity index (χ1v) is 14.5. The predicted octanol–water partition coefficient (Wildman–Crippen LogP) is 3.60. The number of carboxylic acids is 1. The van der Waals surface area contributed by atoms with Crippen molar-refractivity contribution in [2.45, 2.75) is 90.8 Å². The zero-order valence-corrected chi connectivity index (χ0v) is 24.5. The highest BCUT2D eigenvalue weighted by atomic mass is 16.4. The van der Waals surface area contributed by atoms with Gasteiger partial charge in [-0.2, -0.15) is 0 Å². The van der Waals surface area contributed by atoms with Crippen molar-refractivity contribution in [3.8, 4) is 0 Å². The normalized spacial score (nSPS) is 17.0. The number of fused-ring (bicyclic) bond motifs is 1. The summed E-state index contributed by atoms with van der Waals surface area (Å²) >= 11 is 0. The van der Waals surface area contributed by atoms with Crippen molar-refractivity contribution in [1.82, 2.24) is 26.1 Å². The predicted molar refractivity (Wildman–Crippen MR) is 159 cm³/mol. The van der Waals surface area contributed by atoms with Crippen molar-refractivity contribution in [1.29, 1.82) is 0 Å². The van der Waals surface area contributed by atoms with E-state index in [0.29, 0.717) is 32.2 Å². The summed E-state index contributed by atoms with van der Waals surface area (Å²) in [6, 6.07) is 6.00. The summed E-state index contributed by atoms with van der Waals surface area (Å²) in [5.41, 5.74) is 4.90. The minimum atomic E-state index is -1.02. The molecule has 41 heavy (non-hydrogen) atoms. The van der Waals surface area contributed by atoms with Crippen LogP contribution in [0.5, 0.6) is 0 Å². The van der Waals surface area contributed by atoms with Crippen molar-refractivity contribution in [2.24, 2.45) is 5.92 Å². The molecule has 1 aromatic heterocycles. The molecule has 0 aliphatic carbocycles. The summed E-state index contributed by atoms with van der Waals surface area (Å²) in [5, 5.41) is 18.3. The fourth-order valence-corrected chi connectivity index (χ4v) is 4.77. The van der Waals surface area contributed by atoms with Crippen molar-refractivity contribution in [3.05, 3.63) is 47.8 Å². The highest BCUT2D eigenvalue weighted by Gasteiger charge is 2.32. The lowest BCUT2D eigenvalue weighted by atomic mass is 10.0. The van der Waals surface area contributed by atoms with Gasteiger partial charge in [-0.3, -0.25) is 29.2 Å². The number of allylic oxidation sites excluding steroid dienone is 1. The summed E-state index contributed by atoms with van der Waals surface area (Å²) in [5.74, 6) is -2.29. The Bertz CT molecular complexity index is 1260. The van der Waals surface area contributed by atoms with Crippen molar-refractivity contribution in [2.75, 3.05) is 6.54 Å². The van der Waals surface area contributed by atoms with Gasteiger partial charge in [-0.25, -0.2) is 5.43 Å². The topological polar surface area (TPSA) is 141 Å². The molecule has 1 aliphatic rings. The lowest BCUT2D eigenvalue weighted by Crippen LogP contribution is -2.60. The van der Waals surface area contributed by atoms with Gasteiger partial charge in [0.05, 0.1) is 5.69 Å². The second kappa shape index (κ2) is 15.3. The minimum Gasteiger partial charge on any atom is -0.480 e. The van der Waals surface area contributed by atoms with Crippen molar-refractivity contribution >= 4 is 40.5 Å². The van der Waals surface area contributed by atoms with E-state index >= 15 is 0 Å². The number of carbonyl (C=O) groups excluding carboxylic acids is 3. The molecule has 0 saturated carbocycles. The molecule has 0 spiro atoms. The van der Waals surface area contributed by atoms with Crippen LogP contribution < -0.4 is 16.1 Å². The lowest BCUT2D eigenvalue weighted by molar-refractivity contribution is -0.148. The summed E-state index contributed by atoms with van der Waals surface area (Å²) in [7, 11) is 0. The molecule has 1 saturated heterocycles. The molecular formula is C31H43N5O5. The Balaban J connectivity index is 1.42. The van der Waals surface area contributed by atoms with E-state index in [2.05, 4.69) is 58.3 Å². The Morgan fingerprint density at radius 2 is 1.90 bits per heavy atom. The first kappa shape index (κ1) is 31.7. The van der Waals surface area contributed by atoms with E-state index in [9.17, 15) is 24.3 Å². The molecule has 1 aromatic carbocycles. The number of amides is 3. The Hall–Kier alpha value is -3.79. The fourth-order valence-electron chi connectivity index (χ4n) is 4.77. The maximum absolute atomic E-state index is 12.9. The van der Waals surface area contributed by atoms with E-state index < -0.39 is 35.9 Å². The van der Waals surface area contributed by atoms with Crippen LogP contribution in [0.2, 0.25) is 0 Å². The van der Waals surface area contributed by atoms with Gasteiger partial charge in [0.25, 0.3) is 5.91 Å². The Kier molecular flexibility index (Phi) is 11.8. The van der Waals surface area contributed by atoms with Gasteiger partial charge >= 0.3 is 5.97 Å². The zero-order valence-electron chi connectivity index (χ0n) is 24.5. The molecule has 1 fully saturated rings. The number of pyridine rings is 1. The number of aromatic nitrogens is 1. The molecule has 3 rings (SSSR count). The van der Waals surface area contributed by atoms with Crippen LogP contribution in [-0.4, -0.2) is 63.5 Å². The number of nitrogens with one attached hydrogen (secondary N) is 3. The van der Waals surface area contributed by atoms with Crippen LogP contribution in [0.4, 0.5) is 0 Å². The minimum absolute atomic E-state index is 0.184. The Morgan fingerprint density at radius 1 is 1.12 bits per heavy atom. The average Bonchev–Trinajstić information content (AvgIpc) is 2.96. The fraction of sp³-hybridized carbons (Fsp3) is 0.516. The third-order valence-electron chi connectivity index (χ3n) is 7.27. The van der Waals surface area contributed by atoms with Crippen LogP contribution in [0.3, 0.4) is 0 Å². The number of unbranched alkanes of at least 4 members (excludes halogenated alkanes) is 2. The van der Waals surface area contributed by atoms with Gasteiger partial charge in [-0.05, 0) is 74.5 Å². The van der Waals surface area contributed by atoms with Crippen molar-refractivity contribution < 1.29 is 24.3 Å². The Labute approximate surface area is 241 Å². The SMILES string of the molecule is CCc1ccc2cnc(/C=C/CCCCC(=O)NC(C(=O)NC(C)C(=O)N3CCCC(C(=O)O)N3)C(C)C)cc2c1. The first-order chi connectivity index (χ1) is 19.6. The van der Waals surface area contributed by atoms with Gasteiger partial charge in [0.1, 0.15) is 18.1 Å². The monoisotopic (exact) mass is 565 g/mol. The maximum Gasteiger partial charge on any atom is 0.322 e. The van der Waals surface area contributed by atoms with Crippen LogP contribution in [0.15, 0.2) is 36.5 Å². The third kappa shape index (κ3) is 9.38. The molecule has 1 aliphatic heterocycles. The van der Waals surface area contributed by atoms with Crippen LogP contribution in [-0.2, 0) is 25.6 Å². The number of carboxylic acid groups (broad SMARTS) is 1. The summed E-state index contributed by atoms with van der Waals surface area (Å²) in [4.78, 5) is 54.1. The molecule has 222 valence electrons. The molecule has 3 unspecified atom stereocenters. The standard InChI is InChI=1S/C31H43N5O5/c1-5-22-14-15-23-19-32-25(18-24(23)17-22)11-8-6-7-9-13-27(37)34-28(20(2)3)29(38)33-21(4)30(39)36-16-10-12-26(35-36)31(40)41/h8,11,14-15,17-21,26,28,35H,5-7,9-10,12-13,16H2,1-4H3,(H,33,38)(H,34,37)(H,40,41)/b11-8+. The number of hydrazine groups is 1. The summed E-state index contributed by atoms with van der Waals surface area (Å²) in [6.45, 7) is 7.71. The molecule has 10 heteroatoms. The van der Waals surface area contributed by atoms with Gasteiger partial charge in [0, 0.05) is 24.5 Å². The van der Waals surface area contributed by atoms with Gasteiger partial charge in [-0.15, -0.1) is 0 Å². The second-order valence-corrected chi connectivity index (χ2v) is 11.0. The quantitative estimate of drug-likeness (QED) is 0.272. The number of benzene rings is 1. The molecule has 3 atom stereocenters. The van der Waals surface area contributed by atoms with E-state index in [-0.39, 0.29) is 11.8 Å². The summed E-state index contributed by atoms with van der Waals surface area (Å²) in [6.07, 6.45) is 10.5. The molecular weight excluding hydrogens is 522 g/mol. The van der Waals surface area contributed by atoms with Crippen LogP contribution in [0, 0.1) is 5.92 Å². The number of rotatable bonds is 13.